The van der Waals surface area contributed by atoms with Crippen molar-refractivity contribution in [2.24, 2.45) is 4.99 Å². The first-order chi connectivity index (χ1) is 8.67. The molecular formula is C13H18N2O3. The highest BCUT2D eigenvalue weighted by atomic mass is 16.5. The Balaban J connectivity index is 2.64. The zero-order valence-corrected chi connectivity index (χ0v) is 10.6. The number of carbonyl (C=O) groups excluding carboxylic acids is 1. The average molecular weight is 250 g/mol. The summed E-state index contributed by atoms with van der Waals surface area (Å²) in [5.41, 5.74) is 0.558. The molecule has 0 bridgehead atoms. The third-order valence-electron chi connectivity index (χ3n) is 2.22. The first kappa shape index (κ1) is 14.0. The standard InChI is InChI=1S/C13H18N2O3/c1-3-6-18-11-5-4-10(12(16)7-11)8-15-9-13(17)14-2/h4-5,7-8,16H,3,6,9H2,1-2H3,(H,14,17). The molecule has 0 atom stereocenters. The number of carbonyl (C=O) groups is 1. The maximum Gasteiger partial charge on any atom is 0.241 e. The molecule has 0 saturated carbocycles. The van der Waals surface area contributed by atoms with Gasteiger partial charge in [0.05, 0.1) is 6.61 Å². The van der Waals surface area contributed by atoms with E-state index in [-0.39, 0.29) is 18.2 Å². The predicted octanol–water partition coefficient (Wildman–Crippen LogP) is 1.35. The summed E-state index contributed by atoms with van der Waals surface area (Å²) >= 11 is 0. The van der Waals surface area contributed by atoms with Gasteiger partial charge in [-0.2, -0.15) is 0 Å². The van der Waals surface area contributed by atoms with Crippen LogP contribution in [0.5, 0.6) is 11.5 Å². The third kappa shape index (κ3) is 4.45. The van der Waals surface area contributed by atoms with Crippen LogP contribution in [0.2, 0.25) is 0 Å². The first-order valence-corrected chi connectivity index (χ1v) is 5.83. The van der Waals surface area contributed by atoms with Gasteiger partial charge in [-0.15, -0.1) is 0 Å². The van der Waals surface area contributed by atoms with E-state index >= 15 is 0 Å². The smallest absolute Gasteiger partial charge is 0.241 e. The van der Waals surface area contributed by atoms with Crippen LogP contribution in [0.25, 0.3) is 0 Å². The monoisotopic (exact) mass is 250 g/mol. The minimum absolute atomic E-state index is 0.0457. The maximum absolute atomic E-state index is 11.0. The quantitative estimate of drug-likeness (QED) is 0.748. The molecule has 0 spiro atoms. The number of nitrogens with one attached hydrogen (secondary N) is 1. The van der Waals surface area contributed by atoms with Crippen LogP contribution in [0.3, 0.4) is 0 Å². The lowest BCUT2D eigenvalue weighted by molar-refractivity contribution is -0.119. The molecule has 98 valence electrons. The molecule has 2 N–H and O–H groups in total. The van der Waals surface area contributed by atoms with E-state index in [1.54, 1.807) is 19.2 Å². The predicted molar refractivity (Wildman–Crippen MR) is 70.4 cm³/mol. The number of hydrogen-bond donors (Lipinski definition) is 2. The molecule has 5 heteroatoms. The number of aromatic hydroxyl groups is 1. The summed E-state index contributed by atoms with van der Waals surface area (Å²) < 4.78 is 5.38. The summed E-state index contributed by atoms with van der Waals surface area (Å²) in [5, 5.41) is 12.2. The number of rotatable bonds is 6. The Hall–Kier alpha value is -2.04. The Kier molecular flexibility index (Phi) is 5.70. The maximum atomic E-state index is 11.0. The van der Waals surface area contributed by atoms with Gasteiger partial charge in [0, 0.05) is 24.9 Å². The van der Waals surface area contributed by atoms with Crippen LogP contribution in [0.4, 0.5) is 0 Å². The van der Waals surface area contributed by atoms with Crippen molar-refractivity contribution in [3.8, 4) is 11.5 Å². The highest BCUT2D eigenvalue weighted by Crippen LogP contribution is 2.22. The van der Waals surface area contributed by atoms with Gasteiger partial charge in [0.15, 0.2) is 0 Å². The van der Waals surface area contributed by atoms with Crippen molar-refractivity contribution in [2.75, 3.05) is 20.2 Å². The molecule has 0 aliphatic carbocycles. The highest BCUT2D eigenvalue weighted by molar-refractivity contribution is 5.86. The van der Waals surface area contributed by atoms with E-state index in [9.17, 15) is 9.90 Å². The van der Waals surface area contributed by atoms with Gasteiger partial charge in [0.25, 0.3) is 0 Å². The number of amides is 1. The van der Waals surface area contributed by atoms with Crippen molar-refractivity contribution < 1.29 is 14.6 Å². The molecule has 0 aromatic heterocycles. The van der Waals surface area contributed by atoms with E-state index in [1.807, 2.05) is 6.92 Å². The van der Waals surface area contributed by atoms with Crippen molar-refractivity contribution in [1.82, 2.24) is 5.32 Å². The largest absolute Gasteiger partial charge is 0.507 e. The number of phenols is 1. The summed E-state index contributed by atoms with van der Waals surface area (Å²) in [6, 6.07) is 5.00. The number of benzene rings is 1. The topological polar surface area (TPSA) is 70.9 Å². The lowest BCUT2D eigenvalue weighted by Crippen LogP contribution is -2.20. The first-order valence-electron chi connectivity index (χ1n) is 5.83. The summed E-state index contributed by atoms with van der Waals surface area (Å²) in [5.74, 6) is 0.538. The molecule has 0 aliphatic heterocycles. The lowest BCUT2D eigenvalue weighted by atomic mass is 10.2. The Labute approximate surface area is 107 Å². The molecule has 1 amide bonds. The average Bonchev–Trinajstić information content (AvgIpc) is 2.38. The van der Waals surface area contributed by atoms with Crippen LogP contribution in [-0.4, -0.2) is 37.4 Å². The number of phenolic OH excluding ortho intramolecular Hbond substituents is 1. The fourth-order valence-corrected chi connectivity index (χ4v) is 1.25. The van der Waals surface area contributed by atoms with Gasteiger partial charge in [-0.1, -0.05) is 6.92 Å². The van der Waals surface area contributed by atoms with Gasteiger partial charge < -0.3 is 15.2 Å². The summed E-state index contributed by atoms with van der Waals surface area (Å²) in [6.07, 6.45) is 2.38. The molecule has 18 heavy (non-hydrogen) atoms. The minimum atomic E-state index is -0.173. The number of ether oxygens (including phenoxy) is 1. The van der Waals surface area contributed by atoms with Crippen LogP contribution >= 0.6 is 0 Å². The van der Waals surface area contributed by atoms with Gasteiger partial charge in [-0.05, 0) is 18.6 Å². The van der Waals surface area contributed by atoms with Gasteiger partial charge in [0.1, 0.15) is 18.0 Å². The normalized spacial score (nSPS) is 10.6. The Morgan fingerprint density at radius 1 is 1.56 bits per heavy atom. The van der Waals surface area contributed by atoms with Gasteiger partial charge in [-0.25, -0.2) is 0 Å². The summed E-state index contributed by atoms with van der Waals surface area (Å²) in [7, 11) is 1.55. The summed E-state index contributed by atoms with van der Waals surface area (Å²) in [4.78, 5) is 14.9. The van der Waals surface area contributed by atoms with Gasteiger partial charge in [-0.3, -0.25) is 9.79 Å². The third-order valence-corrected chi connectivity index (χ3v) is 2.22. The SMILES string of the molecule is CCCOc1ccc(C=NCC(=O)NC)c(O)c1. The number of hydrogen-bond acceptors (Lipinski definition) is 4. The number of aliphatic imine (C=N–C) groups is 1. The van der Waals surface area contributed by atoms with Crippen molar-refractivity contribution in [3.63, 3.8) is 0 Å². The zero-order valence-electron chi connectivity index (χ0n) is 10.6. The molecule has 0 aliphatic rings. The minimum Gasteiger partial charge on any atom is -0.507 e. The Bertz CT molecular complexity index is 430. The molecule has 0 heterocycles. The molecule has 5 nitrogen and oxygen atoms in total. The van der Waals surface area contributed by atoms with Crippen LogP contribution in [0.1, 0.15) is 18.9 Å². The lowest BCUT2D eigenvalue weighted by Gasteiger charge is -2.06. The zero-order chi connectivity index (χ0) is 13.4. The second-order valence-electron chi connectivity index (χ2n) is 3.71. The fraction of sp³-hybridized carbons (Fsp3) is 0.385. The molecule has 0 saturated heterocycles. The van der Waals surface area contributed by atoms with Crippen molar-refractivity contribution in [3.05, 3.63) is 23.8 Å². The van der Waals surface area contributed by atoms with Crippen LogP contribution in [0, 0.1) is 0 Å². The van der Waals surface area contributed by atoms with E-state index in [2.05, 4.69) is 10.3 Å². The van der Waals surface area contributed by atoms with Gasteiger partial charge >= 0.3 is 0 Å². The van der Waals surface area contributed by atoms with E-state index in [0.29, 0.717) is 17.9 Å². The molecule has 0 fully saturated rings. The van der Waals surface area contributed by atoms with Crippen LogP contribution in [0.15, 0.2) is 23.2 Å². The van der Waals surface area contributed by atoms with E-state index in [4.69, 9.17) is 4.74 Å². The van der Waals surface area contributed by atoms with Crippen molar-refractivity contribution >= 4 is 12.1 Å². The molecule has 1 rings (SSSR count). The Morgan fingerprint density at radius 3 is 2.94 bits per heavy atom. The molecule has 0 radical (unpaired) electrons. The molecular weight excluding hydrogens is 232 g/mol. The number of likely N-dealkylation sites (N-methyl/N-ethyl adjacent to an activating group) is 1. The highest BCUT2D eigenvalue weighted by Gasteiger charge is 2.01. The molecule has 1 aromatic rings. The number of nitrogens with zero attached hydrogens (tertiary/aromatic N) is 1. The van der Waals surface area contributed by atoms with Crippen molar-refractivity contribution in [1.29, 1.82) is 0 Å². The second kappa shape index (κ2) is 7.32. The van der Waals surface area contributed by atoms with Gasteiger partial charge in [0.2, 0.25) is 5.91 Å². The van der Waals surface area contributed by atoms with Crippen molar-refractivity contribution in [2.45, 2.75) is 13.3 Å². The van der Waals surface area contributed by atoms with E-state index < -0.39 is 0 Å². The summed E-state index contributed by atoms with van der Waals surface area (Å²) in [6.45, 7) is 2.67. The molecule has 1 aromatic carbocycles. The van der Waals surface area contributed by atoms with E-state index in [0.717, 1.165) is 6.42 Å². The molecule has 0 unspecified atom stereocenters. The van der Waals surface area contributed by atoms with E-state index in [1.165, 1.54) is 12.3 Å². The fourth-order valence-electron chi connectivity index (χ4n) is 1.25. The van der Waals surface area contributed by atoms with Crippen LogP contribution in [-0.2, 0) is 4.79 Å². The second-order valence-corrected chi connectivity index (χ2v) is 3.71. The van der Waals surface area contributed by atoms with Crippen LogP contribution < -0.4 is 10.1 Å². The Morgan fingerprint density at radius 2 is 2.33 bits per heavy atom.